The molecule has 1 aliphatic rings. The Kier molecular flexibility index (Phi) is 5.50. The summed E-state index contributed by atoms with van der Waals surface area (Å²) < 4.78 is 5.71. The highest BCUT2D eigenvalue weighted by Crippen LogP contribution is 2.18. The summed E-state index contributed by atoms with van der Waals surface area (Å²) in [5, 5.41) is 17.7. The first-order valence-corrected chi connectivity index (χ1v) is 7.99. The van der Waals surface area contributed by atoms with Gasteiger partial charge in [-0.1, -0.05) is 41.5 Å². The summed E-state index contributed by atoms with van der Waals surface area (Å²) in [7, 11) is 0. The van der Waals surface area contributed by atoms with Crippen LogP contribution in [0, 0.1) is 0 Å². The Morgan fingerprint density at radius 3 is 2.69 bits per heavy atom. The molecule has 0 bridgehead atoms. The van der Waals surface area contributed by atoms with Crippen molar-refractivity contribution < 1.29 is 9.53 Å². The van der Waals surface area contributed by atoms with Crippen LogP contribution >= 0.6 is 11.6 Å². The highest BCUT2D eigenvalue weighted by atomic mass is 35.5. The fourth-order valence-electron chi connectivity index (χ4n) is 2.01. The zero-order valence-corrected chi connectivity index (χ0v) is 14.3. The smallest absolute Gasteiger partial charge is 0.365 e. The summed E-state index contributed by atoms with van der Waals surface area (Å²) in [6.07, 6.45) is 1.54. The Balaban J connectivity index is 1.59. The minimum atomic E-state index is -0.605. The van der Waals surface area contributed by atoms with Crippen LogP contribution in [0.5, 0.6) is 5.75 Å². The maximum absolute atomic E-state index is 11.1. The van der Waals surface area contributed by atoms with E-state index in [4.69, 9.17) is 16.3 Å². The Morgan fingerprint density at radius 1 is 1.15 bits per heavy atom. The summed E-state index contributed by atoms with van der Waals surface area (Å²) in [4.78, 5) is 11.1. The standard InChI is InChI=1S/C18H14ClN5O2/c1-12-17(21-18(25)24-22-12)23-20-10-13-6-8-15(9-7-13)26-11-14-4-2-3-5-16(14)19/h2-10H,1,11H2,(H,21,23,25)/b20-10+. The van der Waals surface area contributed by atoms with Gasteiger partial charge in [-0.05, 0) is 35.9 Å². The van der Waals surface area contributed by atoms with Crippen molar-refractivity contribution >= 4 is 29.7 Å². The van der Waals surface area contributed by atoms with E-state index >= 15 is 0 Å². The molecule has 1 aliphatic heterocycles. The summed E-state index contributed by atoms with van der Waals surface area (Å²) in [6, 6.07) is 14.2. The summed E-state index contributed by atoms with van der Waals surface area (Å²) in [5.41, 5.74) is 1.97. The lowest BCUT2D eigenvalue weighted by molar-refractivity contribution is 0.251. The second-order valence-corrected chi connectivity index (χ2v) is 5.63. The van der Waals surface area contributed by atoms with Crippen molar-refractivity contribution in [1.82, 2.24) is 5.32 Å². The number of benzene rings is 2. The molecule has 8 heteroatoms. The molecular formula is C18H14ClN5O2. The van der Waals surface area contributed by atoms with Gasteiger partial charge in [-0.3, -0.25) is 5.32 Å². The first-order chi connectivity index (χ1) is 12.6. The number of azo groups is 1. The molecule has 1 N–H and O–H groups in total. The monoisotopic (exact) mass is 367 g/mol. The number of amides is 2. The van der Waals surface area contributed by atoms with Gasteiger partial charge in [-0.2, -0.15) is 5.10 Å². The molecule has 0 aliphatic carbocycles. The molecule has 7 nitrogen and oxygen atoms in total. The van der Waals surface area contributed by atoms with Crippen LogP contribution in [0.25, 0.3) is 0 Å². The van der Waals surface area contributed by atoms with E-state index in [0.29, 0.717) is 17.4 Å². The number of urea groups is 1. The molecular weight excluding hydrogens is 354 g/mol. The van der Waals surface area contributed by atoms with Crippen LogP contribution < -0.4 is 10.1 Å². The summed E-state index contributed by atoms with van der Waals surface area (Å²) in [5.74, 6) is 0.877. The fraction of sp³-hybridized carbons (Fsp3) is 0.0556. The van der Waals surface area contributed by atoms with Crippen molar-refractivity contribution in [2.45, 2.75) is 6.61 Å². The maximum Gasteiger partial charge on any atom is 0.365 e. The number of nitrogens with one attached hydrogen (secondary N) is 1. The minimum absolute atomic E-state index is 0.168. The zero-order valence-electron chi connectivity index (χ0n) is 13.6. The van der Waals surface area contributed by atoms with E-state index in [0.717, 1.165) is 11.1 Å². The quantitative estimate of drug-likeness (QED) is 0.629. The largest absolute Gasteiger partial charge is 0.489 e. The molecule has 0 radical (unpaired) electrons. The van der Waals surface area contributed by atoms with Crippen molar-refractivity contribution in [3.8, 4) is 5.75 Å². The molecule has 130 valence electrons. The summed E-state index contributed by atoms with van der Waals surface area (Å²) in [6.45, 7) is 4.00. The van der Waals surface area contributed by atoms with E-state index in [1.54, 1.807) is 0 Å². The average Bonchev–Trinajstić information content (AvgIpc) is 2.65. The number of hydrogen-bond donors (Lipinski definition) is 1. The SMILES string of the molecule is C=C1N=NC(=O)N/C1=N/N=C/c1ccc(OCc2ccccc2Cl)cc1. The minimum Gasteiger partial charge on any atom is -0.489 e. The Morgan fingerprint density at radius 2 is 1.92 bits per heavy atom. The molecule has 0 atom stereocenters. The fourth-order valence-corrected chi connectivity index (χ4v) is 2.20. The third-order valence-corrected chi connectivity index (χ3v) is 3.73. The number of ether oxygens (including phenoxy) is 1. The zero-order chi connectivity index (χ0) is 18.4. The maximum atomic E-state index is 11.1. The van der Waals surface area contributed by atoms with Gasteiger partial charge in [0, 0.05) is 10.6 Å². The van der Waals surface area contributed by atoms with Crippen molar-refractivity contribution in [2.75, 3.05) is 0 Å². The van der Waals surface area contributed by atoms with Crippen molar-refractivity contribution in [2.24, 2.45) is 20.4 Å². The first-order valence-electron chi connectivity index (χ1n) is 7.61. The molecule has 3 rings (SSSR count). The van der Waals surface area contributed by atoms with Crippen LogP contribution in [0.4, 0.5) is 4.79 Å². The third kappa shape index (κ3) is 4.61. The molecule has 26 heavy (non-hydrogen) atoms. The lowest BCUT2D eigenvalue weighted by Gasteiger charge is -2.08. The van der Waals surface area contributed by atoms with E-state index in [1.165, 1.54) is 6.21 Å². The van der Waals surface area contributed by atoms with E-state index < -0.39 is 6.03 Å². The van der Waals surface area contributed by atoms with Gasteiger partial charge in [0.05, 0.1) is 6.21 Å². The molecule has 0 fully saturated rings. The second-order valence-electron chi connectivity index (χ2n) is 5.22. The normalized spacial score (nSPS) is 15.5. The van der Waals surface area contributed by atoms with Crippen molar-refractivity contribution in [1.29, 1.82) is 0 Å². The molecule has 1 heterocycles. The molecule has 0 aromatic heterocycles. The molecule has 0 spiro atoms. The number of nitrogens with zero attached hydrogens (tertiary/aromatic N) is 4. The van der Waals surface area contributed by atoms with Crippen LogP contribution in [0.3, 0.4) is 0 Å². The lowest BCUT2D eigenvalue weighted by atomic mass is 10.2. The van der Waals surface area contributed by atoms with Crippen LogP contribution in [0.2, 0.25) is 5.02 Å². The molecule has 0 unspecified atom stereocenters. The van der Waals surface area contributed by atoms with E-state index in [2.05, 4.69) is 32.3 Å². The van der Waals surface area contributed by atoms with Gasteiger partial charge >= 0.3 is 6.03 Å². The lowest BCUT2D eigenvalue weighted by Crippen LogP contribution is -2.31. The predicted octanol–water partition coefficient (Wildman–Crippen LogP) is 4.34. The Bertz CT molecular complexity index is 919. The number of carbonyl (C=O) groups is 1. The number of carbonyl (C=O) groups excluding carboxylic acids is 1. The van der Waals surface area contributed by atoms with Crippen LogP contribution in [0.15, 0.2) is 81.2 Å². The predicted molar refractivity (Wildman–Crippen MR) is 99.8 cm³/mol. The van der Waals surface area contributed by atoms with Crippen molar-refractivity contribution in [3.63, 3.8) is 0 Å². The highest BCUT2D eigenvalue weighted by Gasteiger charge is 2.13. The summed E-state index contributed by atoms with van der Waals surface area (Å²) >= 11 is 6.10. The van der Waals surface area contributed by atoms with Gasteiger partial charge in [0.1, 0.15) is 18.1 Å². The Hall–Kier alpha value is -3.32. The van der Waals surface area contributed by atoms with Crippen LogP contribution in [-0.4, -0.2) is 18.1 Å². The first kappa shape index (κ1) is 17.5. The molecule has 0 saturated carbocycles. The van der Waals surface area contributed by atoms with Gasteiger partial charge in [-0.25, -0.2) is 4.79 Å². The number of halogens is 1. The molecule has 2 aromatic carbocycles. The highest BCUT2D eigenvalue weighted by molar-refractivity contribution is 6.31. The van der Waals surface area contributed by atoms with E-state index in [1.807, 2.05) is 48.5 Å². The van der Waals surface area contributed by atoms with Gasteiger partial charge in [-0.15, -0.1) is 10.2 Å². The third-order valence-electron chi connectivity index (χ3n) is 3.36. The van der Waals surface area contributed by atoms with Gasteiger partial charge in [0.15, 0.2) is 5.84 Å². The molecule has 0 saturated heterocycles. The Labute approximate surface area is 154 Å². The van der Waals surface area contributed by atoms with Gasteiger partial charge < -0.3 is 4.74 Å². The topological polar surface area (TPSA) is 87.8 Å². The van der Waals surface area contributed by atoms with E-state index in [9.17, 15) is 4.79 Å². The van der Waals surface area contributed by atoms with Gasteiger partial charge in [0.25, 0.3) is 0 Å². The van der Waals surface area contributed by atoms with Crippen LogP contribution in [-0.2, 0) is 6.61 Å². The van der Waals surface area contributed by atoms with Crippen molar-refractivity contribution in [3.05, 3.63) is 77.0 Å². The molecule has 2 amide bonds. The van der Waals surface area contributed by atoms with Gasteiger partial charge in [0.2, 0.25) is 0 Å². The number of hydrogen-bond acceptors (Lipinski definition) is 5. The van der Waals surface area contributed by atoms with E-state index in [-0.39, 0.29) is 11.5 Å². The second kappa shape index (κ2) is 8.17. The number of amidine groups is 1. The average molecular weight is 368 g/mol. The molecule has 2 aromatic rings. The van der Waals surface area contributed by atoms with Crippen LogP contribution in [0.1, 0.15) is 11.1 Å². The number of rotatable bonds is 5.